The Labute approximate surface area is 81.2 Å². The average molecular weight is 189 g/mol. The SMILES string of the molecule is CN(C)c1cc(=O)c2cnccc2[nH]1. The molecule has 4 nitrogen and oxygen atoms in total. The third-order valence-electron chi connectivity index (χ3n) is 2.10. The second-order valence-corrected chi connectivity index (χ2v) is 3.33. The summed E-state index contributed by atoms with van der Waals surface area (Å²) in [5.41, 5.74) is 0.812. The first-order valence-corrected chi connectivity index (χ1v) is 4.33. The molecule has 0 saturated heterocycles. The Kier molecular flexibility index (Phi) is 1.96. The Bertz CT molecular complexity index is 516. The first-order valence-electron chi connectivity index (χ1n) is 4.33. The van der Waals surface area contributed by atoms with Crippen molar-refractivity contribution in [3.63, 3.8) is 0 Å². The van der Waals surface area contributed by atoms with Crippen molar-refractivity contribution in [2.45, 2.75) is 0 Å². The van der Waals surface area contributed by atoms with E-state index in [0.29, 0.717) is 5.39 Å². The van der Waals surface area contributed by atoms with E-state index in [1.807, 2.05) is 19.0 Å². The van der Waals surface area contributed by atoms with Gasteiger partial charge in [-0.05, 0) is 6.07 Å². The van der Waals surface area contributed by atoms with Gasteiger partial charge in [0.25, 0.3) is 0 Å². The van der Waals surface area contributed by atoms with Crippen molar-refractivity contribution >= 4 is 16.7 Å². The monoisotopic (exact) mass is 189 g/mol. The number of H-pyrrole nitrogens is 1. The van der Waals surface area contributed by atoms with E-state index in [4.69, 9.17) is 0 Å². The number of anilines is 1. The van der Waals surface area contributed by atoms with Gasteiger partial charge in [0.15, 0.2) is 5.43 Å². The molecular weight excluding hydrogens is 178 g/mol. The van der Waals surface area contributed by atoms with Gasteiger partial charge in [0.05, 0.1) is 10.9 Å². The minimum absolute atomic E-state index is 0.00412. The molecule has 0 amide bonds. The van der Waals surface area contributed by atoms with Crippen molar-refractivity contribution in [1.82, 2.24) is 9.97 Å². The summed E-state index contributed by atoms with van der Waals surface area (Å²) in [6, 6.07) is 3.37. The first kappa shape index (κ1) is 8.74. The lowest BCUT2D eigenvalue weighted by molar-refractivity contribution is 1.08. The number of hydrogen-bond acceptors (Lipinski definition) is 3. The molecule has 0 atom stereocenters. The Balaban J connectivity index is 2.79. The van der Waals surface area contributed by atoms with Crippen LogP contribution in [-0.2, 0) is 0 Å². The zero-order chi connectivity index (χ0) is 10.1. The number of nitrogens with zero attached hydrogens (tertiary/aromatic N) is 2. The molecule has 0 spiro atoms. The quantitative estimate of drug-likeness (QED) is 0.727. The van der Waals surface area contributed by atoms with Crippen LogP contribution in [0, 0.1) is 0 Å². The van der Waals surface area contributed by atoms with E-state index in [1.54, 1.807) is 24.5 Å². The molecule has 0 unspecified atom stereocenters. The third kappa shape index (κ3) is 1.35. The number of pyridine rings is 2. The van der Waals surface area contributed by atoms with Crippen molar-refractivity contribution in [2.24, 2.45) is 0 Å². The number of aromatic amines is 1. The first-order chi connectivity index (χ1) is 6.68. The fourth-order valence-electron chi connectivity index (χ4n) is 1.32. The molecular formula is C10H11N3O. The standard InChI is InChI=1S/C10H11N3O/c1-13(2)10-5-9(14)7-6-11-4-3-8(7)12-10/h3-6H,1-2H3,(H,12,14). The molecule has 14 heavy (non-hydrogen) atoms. The predicted molar refractivity (Wildman–Crippen MR) is 56.7 cm³/mol. The average Bonchev–Trinajstić information content (AvgIpc) is 2.17. The van der Waals surface area contributed by atoms with E-state index < -0.39 is 0 Å². The molecule has 0 aliphatic heterocycles. The number of hydrogen-bond donors (Lipinski definition) is 1. The molecule has 72 valence electrons. The van der Waals surface area contributed by atoms with Gasteiger partial charge in [0, 0.05) is 32.6 Å². The number of nitrogens with one attached hydrogen (secondary N) is 1. The van der Waals surface area contributed by atoms with Crippen LogP contribution in [0.3, 0.4) is 0 Å². The highest BCUT2D eigenvalue weighted by Crippen LogP contribution is 2.10. The fourth-order valence-corrected chi connectivity index (χ4v) is 1.32. The molecule has 0 bridgehead atoms. The van der Waals surface area contributed by atoms with Crippen molar-refractivity contribution in [3.05, 3.63) is 34.7 Å². The van der Waals surface area contributed by atoms with Crippen LogP contribution < -0.4 is 10.3 Å². The molecule has 0 aliphatic carbocycles. The summed E-state index contributed by atoms with van der Waals surface area (Å²) >= 11 is 0. The number of fused-ring (bicyclic) bond motifs is 1. The van der Waals surface area contributed by atoms with Crippen LogP contribution in [0.1, 0.15) is 0 Å². The summed E-state index contributed by atoms with van der Waals surface area (Å²) in [5.74, 6) is 0.800. The van der Waals surface area contributed by atoms with Crippen LogP contribution >= 0.6 is 0 Å². The highest BCUT2D eigenvalue weighted by atomic mass is 16.1. The lowest BCUT2D eigenvalue weighted by Gasteiger charge is -2.12. The van der Waals surface area contributed by atoms with Gasteiger partial charge < -0.3 is 9.88 Å². The minimum Gasteiger partial charge on any atom is -0.364 e. The molecule has 1 N–H and O–H groups in total. The van der Waals surface area contributed by atoms with Gasteiger partial charge in [-0.2, -0.15) is 0 Å². The highest BCUT2D eigenvalue weighted by molar-refractivity contribution is 5.78. The van der Waals surface area contributed by atoms with Crippen LogP contribution in [0.5, 0.6) is 0 Å². The van der Waals surface area contributed by atoms with E-state index in [2.05, 4.69) is 9.97 Å². The summed E-state index contributed by atoms with van der Waals surface area (Å²) in [6.07, 6.45) is 3.24. The Morgan fingerprint density at radius 1 is 1.43 bits per heavy atom. The molecule has 0 fully saturated rings. The summed E-state index contributed by atoms with van der Waals surface area (Å²) in [6.45, 7) is 0. The molecule has 0 aliphatic rings. The number of aromatic nitrogens is 2. The molecule has 2 aromatic rings. The number of rotatable bonds is 1. The van der Waals surface area contributed by atoms with Crippen LogP contribution in [-0.4, -0.2) is 24.1 Å². The summed E-state index contributed by atoms with van der Waals surface area (Å²) in [4.78, 5) is 20.5. The van der Waals surface area contributed by atoms with Crippen molar-refractivity contribution in [1.29, 1.82) is 0 Å². The molecule has 4 heteroatoms. The highest BCUT2D eigenvalue weighted by Gasteiger charge is 2.02. The lowest BCUT2D eigenvalue weighted by atomic mass is 10.2. The molecule has 2 heterocycles. The van der Waals surface area contributed by atoms with Crippen LogP contribution in [0.25, 0.3) is 10.9 Å². The minimum atomic E-state index is -0.00412. The van der Waals surface area contributed by atoms with Crippen molar-refractivity contribution in [3.8, 4) is 0 Å². The van der Waals surface area contributed by atoms with Crippen molar-refractivity contribution in [2.75, 3.05) is 19.0 Å². The smallest absolute Gasteiger partial charge is 0.193 e. The summed E-state index contributed by atoms with van der Waals surface area (Å²) < 4.78 is 0. The fraction of sp³-hybridized carbons (Fsp3) is 0.200. The molecule has 0 aromatic carbocycles. The zero-order valence-corrected chi connectivity index (χ0v) is 8.11. The van der Waals surface area contributed by atoms with Crippen LogP contribution in [0.15, 0.2) is 29.3 Å². The van der Waals surface area contributed by atoms with Gasteiger partial charge >= 0.3 is 0 Å². The maximum atomic E-state index is 11.6. The summed E-state index contributed by atoms with van der Waals surface area (Å²) in [5, 5.41) is 0.623. The molecule has 0 saturated carbocycles. The van der Waals surface area contributed by atoms with Gasteiger partial charge in [-0.15, -0.1) is 0 Å². The van der Waals surface area contributed by atoms with Gasteiger partial charge in [-0.3, -0.25) is 9.78 Å². The van der Waals surface area contributed by atoms with E-state index in [0.717, 1.165) is 11.3 Å². The Morgan fingerprint density at radius 3 is 2.93 bits per heavy atom. The second-order valence-electron chi connectivity index (χ2n) is 3.33. The van der Waals surface area contributed by atoms with Gasteiger partial charge in [0.2, 0.25) is 0 Å². The van der Waals surface area contributed by atoms with Crippen molar-refractivity contribution < 1.29 is 0 Å². The maximum Gasteiger partial charge on any atom is 0.193 e. The second kappa shape index (κ2) is 3.14. The normalized spacial score (nSPS) is 10.4. The van der Waals surface area contributed by atoms with Gasteiger partial charge in [-0.25, -0.2) is 0 Å². The largest absolute Gasteiger partial charge is 0.364 e. The van der Waals surface area contributed by atoms with E-state index in [1.165, 1.54) is 0 Å². The van der Waals surface area contributed by atoms with Gasteiger partial charge in [0.1, 0.15) is 5.82 Å². The lowest BCUT2D eigenvalue weighted by Crippen LogP contribution is -2.14. The van der Waals surface area contributed by atoms with Gasteiger partial charge in [-0.1, -0.05) is 0 Å². The predicted octanol–water partition coefficient (Wildman–Crippen LogP) is 0.989. The molecule has 2 rings (SSSR count). The van der Waals surface area contributed by atoms with E-state index in [9.17, 15) is 4.79 Å². The topological polar surface area (TPSA) is 49.0 Å². The van der Waals surface area contributed by atoms with Crippen LogP contribution in [0.4, 0.5) is 5.82 Å². The Hall–Kier alpha value is -1.84. The van der Waals surface area contributed by atoms with E-state index in [-0.39, 0.29) is 5.43 Å². The zero-order valence-electron chi connectivity index (χ0n) is 8.11. The van der Waals surface area contributed by atoms with E-state index >= 15 is 0 Å². The van der Waals surface area contributed by atoms with Crippen LogP contribution in [0.2, 0.25) is 0 Å². The Morgan fingerprint density at radius 2 is 2.21 bits per heavy atom. The third-order valence-corrected chi connectivity index (χ3v) is 2.10. The molecule has 2 aromatic heterocycles. The molecule has 0 radical (unpaired) electrons. The summed E-state index contributed by atoms with van der Waals surface area (Å²) in [7, 11) is 3.77. The maximum absolute atomic E-state index is 11.6.